The Labute approximate surface area is 73.6 Å². The fourth-order valence-electron chi connectivity index (χ4n) is 1.75. The maximum absolute atomic E-state index is 10.9. The number of rotatable bonds is 3. The van der Waals surface area contributed by atoms with Crippen LogP contribution in [0.25, 0.3) is 0 Å². The van der Waals surface area contributed by atoms with Gasteiger partial charge >= 0.3 is 0 Å². The molecule has 2 atom stereocenters. The number of hydrogen-bond acceptors (Lipinski definition) is 3. The van der Waals surface area contributed by atoms with Gasteiger partial charge in [0.15, 0.2) is 0 Å². The predicted octanol–water partition coefficient (Wildman–Crippen LogP) is -0.337. The van der Waals surface area contributed by atoms with E-state index in [1.807, 2.05) is 0 Å². The Hall–Kier alpha value is -0.130. The number of hydrogen-bond donors (Lipinski definition) is 2. The van der Waals surface area contributed by atoms with Crippen LogP contribution in [0.3, 0.4) is 0 Å². The van der Waals surface area contributed by atoms with Gasteiger partial charge in [0.05, 0.1) is 6.26 Å². The molecule has 0 amide bonds. The van der Waals surface area contributed by atoms with Crippen LogP contribution in [0.4, 0.5) is 0 Å². The summed E-state index contributed by atoms with van der Waals surface area (Å²) in [4.78, 5) is 0. The standard InChI is InChI=1S/C7H16N2O2S/c1-12(10,11)9-7-4-2-3-6(7)5-8/h6-7,9H,2-5,8H2,1H3. The lowest BCUT2D eigenvalue weighted by molar-refractivity contribution is 0.454. The van der Waals surface area contributed by atoms with Crippen LogP contribution in [0.15, 0.2) is 0 Å². The fourth-order valence-corrected chi connectivity index (χ4v) is 2.61. The Morgan fingerprint density at radius 2 is 2.17 bits per heavy atom. The molecule has 3 N–H and O–H groups in total. The van der Waals surface area contributed by atoms with Crippen molar-refractivity contribution in [2.24, 2.45) is 11.7 Å². The van der Waals surface area contributed by atoms with Crippen LogP contribution in [0, 0.1) is 5.92 Å². The molecule has 0 heterocycles. The highest BCUT2D eigenvalue weighted by Crippen LogP contribution is 2.24. The molecule has 4 nitrogen and oxygen atoms in total. The first-order valence-electron chi connectivity index (χ1n) is 4.20. The lowest BCUT2D eigenvalue weighted by Gasteiger charge is -2.17. The molecule has 72 valence electrons. The topological polar surface area (TPSA) is 72.2 Å². The smallest absolute Gasteiger partial charge is 0.208 e. The Morgan fingerprint density at radius 3 is 2.67 bits per heavy atom. The Bertz CT molecular complexity index is 238. The molecule has 1 fully saturated rings. The molecular formula is C7H16N2O2S. The summed E-state index contributed by atoms with van der Waals surface area (Å²) in [5.74, 6) is 0.333. The molecule has 5 heteroatoms. The molecule has 0 aromatic heterocycles. The number of nitrogens with two attached hydrogens (primary N) is 1. The zero-order valence-electron chi connectivity index (χ0n) is 7.29. The molecular weight excluding hydrogens is 176 g/mol. The molecule has 0 spiro atoms. The minimum atomic E-state index is -3.06. The zero-order chi connectivity index (χ0) is 9.19. The van der Waals surface area contributed by atoms with Crippen molar-refractivity contribution >= 4 is 10.0 Å². The first-order chi connectivity index (χ1) is 5.53. The first kappa shape index (κ1) is 9.95. The van der Waals surface area contributed by atoms with Gasteiger partial charge in [0.1, 0.15) is 0 Å². The second-order valence-corrected chi connectivity index (χ2v) is 5.20. The van der Waals surface area contributed by atoms with Gasteiger partial charge in [0.2, 0.25) is 10.0 Å². The normalized spacial score (nSPS) is 30.8. The third-order valence-electron chi connectivity index (χ3n) is 2.33. The summed E-state index contributed by atoms with van der Waals surface area (Å²) in [6, 6.07) is 0.0741. The first-order valence-corrected chi connectivity index (χ1v) is 6.09. The minimum Gasteiger partial charge on any atom is -0.330 e. The van der Waals surface area contributed by atoms with E-state index in [1.165, 1.54) is 6.26 Å². The summed E-state index contributed by atoms with van der Waals surface area (Å²) >= 11 is 0. The van der Waals surface area contributed by atoms with Crippen molar-refractivity contribution in [2.75, 3.05) is 12.8 Å². The van der Waals surface area contributed by atoms with Gasteiger partial charge in [-0.2, -0.15) is 0 Å². The van der Waals surface area contributed by atoms with Crippen LogP contribution in [0.1, 0.15) is 19.3 Å². The zero-order valence-corrected chi connectivity index (χ0v) is 8.10. The van der Waals surface area contributed by atoms with Crippen molar-refractivity contribution in [3.05, 3.63) is 0 Å². The lowest BCUT2D eigenvalue weighted by Crippen LogP contribution is -2.39. The summed E-state index contributed by atoms with van der Waals surface area (Å²) in [5.41, 5.74) is 5.51. The van der Waals surface area contributed by atoms with Crippen LogP contribution >= 0.6 is 0 Å². The van der Waals surface area contributed by atoms with Gasteiger partial charge in [-0.3, -0.25) is 0 Å². The predicted molar refractivity (Wildman–Crippen MR) is 48.2 cm³/mol. The summed E-state index contributed by atoms with van der Waals surface area (Å²) < 4.78 is 24.4. The highest BCUT2D eigenvalue weighted by atomic mass is 32.2. The van der Waals surface area contributed by atoms with E-state index in [-0.39, 0.29) is 6.04 Å². The maximum atomic E-state index is 10.9. The second-order valence-electron chi connectivity index (χ2n) is 3.42. The minimum absolute atomic E-state index is 0.0741. The molecule has 0 aliphatic heterocycles. The lowest BCUT2D eigenvalue weighted by atomic mass is 10.1. The Balaban J connectivity index is 2.52. The fraction of sp³-hybridized carbons (Fsp3) is 1.00. The molecule has 12 heavy (non-hydrogen) atoms. The van der Waals surface area contributed by atoms with Crippen LogP contribution in [0.2, 0.25) is 0 Å². The highest BCUT2D eigenvalue weighted by molar-refractivity contribution is 7.88. The van der Waals surface area contributed by atoms with Crippen molar-refractivity contribution in [1.82, 2.24) is 4.72 Å². The van der Waals surface area contributed by atoms with E-state index in [0.717, 1.165) is 19.3 Å². The third kappa shape index (κ3) is 2.73. The summed E-state index contributed by atoms with van der Waals surface area (Å²) in [5, 5.41) is 0. The van der Waals surface area contributed by atoms with Crippen molar-refractivity contribution in [3.8, 4) is 0 Å². The molecule has 0 saturated heterocycles. The van der Waals surface area contributed by atoms with E-state index in [0.29, 0.717) is 12.5 Å². The van der Waals surface area contributed by atoms with Crippen molar-refractivity contribution < 1.29 is 8.42 Å². The molecule has 1 rings (SSSR count). The highest BCUT2D eigenvalue weighted by Gasteiger charge is 2.27. The molecule has 0 aromatic carbocycles. The van der Waals surface area contributed by atoms with Gasteiger partial charge in [0, 0.05) is 6.04 Å². The SMILES string of the molecule is CS(=O)(=O)NC1CCCC1CN. The molecule has 0 aromatic rings. The van der Waals surface area contributed by atoms with Crippen molar-refractivity contribution in [3.63, 3.8) is 0 Å². The third-order valence-corrected chi connectivity index (χ3v) is 3.06. The van der Waals surface area contributed by atoms with E-state index in [4.69, 9.17) is 5.73 Å². The summed E-state index contributed by atoms with van der Waals surface area (Å²) in [6.07, 6.45) is 4.24. The van der Waals surface area contributed by atoms with Crippen molar-refractivity contribution in [2.45, 2.75) is 25.3 Å². The summed E-state index contributed by atoms with van der Waals surface area (Å²) in [7, 11) is -3.06. The van der Waals surface area contributed by atoms with Gasteiger partial charge in [-0.1, -0.05) is 6.42 Å². The average Bonchev–Trinajstić information content (AvgIpc) is 2.31. The van der Waals surface area contributed by atoms with Crippen LogP contribution in [0.5, 0.6) is 0 Å². The monoisotopic (exact) mass is 192 g/mol. The number of sulfonamides is 1. The molecule has 0 bridgehead atoms. The van der Waals surface area contributed by atoms with Gasteiger partial charge in [0.25, 0.3) is 0 Å². The van der Waals surface area contributed by atoms with Crippen molar-refractivity contribution in [1.29, 1.82) is 0 Å². The molecule has 1 saturated carbocycles. The van der Waals surface area contributed by atoms with E-state index in [1.54, 1.807) is 0 Å². The van der Waals surface area contributed by atoms with E-state index < -0.39 is 10.0 Å². The largest absolute Gasteiger partial charge is 0.330 e. The van der Waals surface area contributed by atoms with Gasteiger partial charge in [-0.05, 0) is 25.3 Å². The molecule has 0 radical (unpaired) electrons. The van der Waals surface area contributed by atoms with Gasteiger partial charge < -0.3 is 5.73 Å². The number of nitrogens with one attached hydrogen (secondary N) is 1. The molecule has 2 unspecified atom stereocenters. The molecule has 1 aliphatic rings. The summed E-state index contributed by atoms with van der Waals surface area (Å²) in [6.45, 7) is 0.577. The van der Waals surface area contributed by atoms with Gasteiger partial charge in [-0.15, -0.1) is 0 Å². The second kappa shape index (κ2) is 3.72. The van der Waals surface area contributed by atoms with Gasteiger partial charge in [-0.25, -0.2) is 13.1 Å². The Kier molecular flexibility index (Phi) is 3.09. The quantitative estimate of drug-likeness (QED) is 0.642. The maximum Gasteiger partial charge on any atom is 0.208 e. The van der Waals surface area contributed by atoms with E-state index >= 15 is 0 Å². The van der Waals surface area contributed by atoms with E-state index in [9.17, 15) is 8.42 Å². The van der Waals surface area contributed by atoms with Crippen LogP contribution < -0.4 is 10.5 Å². The molecule has 1 aliphatic carbocycles. The van der Waals surface area contributed by atoms with Crippen LogP contribution in [-0.4, -0.2) is 27.3 Å². The average molecular weight is 192 g/mol. The van der Waals surface area contributed by atoms with E-state index in [2.05, 4.69) is 4.72 Å². The van der Waals surface area contributed by atoms with Crippen LogP contribution in [-0.2, 0) is 10.0 Å². The Morgan fingerprint density at radius 1 is 1.50 bits per heavy atom.